The Morgan fingerprint density at radius 2 is 1.68 bits per heavy atom. The predicted molar refractivity (Wildman–Crippen MR) is 211 cm³/mol. The fourth-order valence-corrected chi connectivity index (χ4v) is 8.01. The summed E-state index contributed by atoms with van der Waals surface area (Å²) in [7, 11) is -0.502. The smallest absolute Gasteiger partial charge is 0.371 e. The van der Waals surface area contributed by atoms with Crippen LogP contribution in [0.4, 0.5) is 46.5 Å². The van der Waals surface area contributed by atoms with Crippen molar-refractivity contribution in [1.29, 1.82) is 0 Å². The minimum absolute atomic E-state index is 0.0308. The highest BCUT2D eigenvalue weighted by Crippen LogP contribution is 2.35. The first kappa shape index (κ1) is 41.9. The molecule has 2 aromatic heterocycles. The number of hydrogen-bond donors (Lipinski definition) is 3. The van der Waals surface area contributed by atoms with Crippen LogP contribution < -0.4 is 25.2 Å². The van der Waals surface area contributed by atoms with Gasteiger partial charge >= 0.3 is 6.18 Å². The van der Waals surface area contributed by atoms with Gasteiger partial charge in [-0.05, 0) is 74.3 Å². The lowest BCUT2D eigenvalue weighted by atomic mass is 10.0. The second kappa shape index (κ2) is 16.4. The molecule has 3 aliphatic heterocycles. The first-order chi connectivity index (χ1) is 28.4. The summed E-state index contributed by atoms with van der Waals surface area (Å²) in [6.45, 7) is 1.45. The predicted octanol–water partition coefficient (Wildman–Crippen LogP) is 4.28. The third-order valence-electron chi connectivity index (χ3n) is 10.8. The van der Waals surface area contributed by atoms with Crippen LogP contribution in [0, 0.1) is 5.82 Å². The number of hydrogen-bond acceptors (Lipinski definition) is 13. The first-order valence-corrected chi connectivity index (χ1v) is 20.7. The maximum absolute atomic E-state index is 15.3. The van der Waals surface area contributed by atoms with Crippen molar-refractivity contribution in [2.24, 2.45) is 0 Å². The zero-order chi connectivity index (χ0) is 43.1. The zero-order valence-electron chi connectivity index (χ0n) is 32.6. The van der Waals surface area contributed by atoms with Crippen LogP contribution in [0.25, 0.3) is 0 Å². The summed E-state index contributed by atoms with van der Waals surface area (Å²) in [6, 6.07) is 11.9. The monoisotopic (exact) mass is 852 g/mol. The summed E-state index contributed by atoms with van der Waals surface area (Å²) in [4.78, 5) is 67.4. The zero-order valence-corrected chi connectivity index (χ0v) is 33.4. The largest absolute Gasteiger partial charge is 0.421 e. The van der Waals surface area contributed by atoms with Crippen LogP contribution in [0.3, 0.4) is 0 Å². The van der Waals surface area contributed by atoms with Gasteiger partial charge in [-0.3, -0.25) is 38.6 Å². The minimum Gasteiger partial charge on any atom is -0.371 e. The van der Waals surface area contributed by atoms with E-state index in [-0.39, 0.29) is 48.3 Å². The molecule has 0 aliphatic carbocycles. The fourth-order valence-electron chi connectivity index (χ4n) is 7.53. The van der Waals surface area contributed by atoms with Crippen molar-refractivity contribution in [3.63, 3.8) is 0 Å². The molecule has 0 radical (unpaired) electrons. The van der Waals surface area contributed by atoms with E-state index in [0.29, 0.717) is 42.6 Å². The number of imide groups is 2. The van der Waals surface area contributed by atoms with Gasteiger partial charge in [0.15, 0.2) is 0 Å². The normalized spacial score (nSPS) is 17.6. The number of aromatic nitrogens is 3. The summed E-state index contributed by atoms with van der Waals surface area (Å²) >= 11 is 0. The molecule has 2 aromatic carbocycles. The number of amides is 4. The summed E-state index contributed by atoms with van der Waals surface area (Å²) in [5.41, 5.74) is 0.644. The molecule has 0 saturated carbocycles. The van der Waals surface area contributed by atoms with Crippen molar-refractivity contribution < 1.29 is 45.2 Å². The average molecular weight is 853 g/mol. The number of sulfonamides is 1. The Kier molecular flexibility index (Phi) is 11.5. The molecule has 7 rings (SSSR count). The number of benzene rings is 2. The minimum atomic E-state index is -4.78. The third kappa shape index (κ3) is 8.71. The number of carbonyl (C=O) groups excluding carboxylic acids is 4. The van der Waals surface area contributed by atoms with Gasteiger partial charge in [0.25, 0.3) is 11.8 Å². The standard InChI is InChI=1S/C39H40F4N10O6S/c1-50(21-22-17-27-32(29(40)18-22)37(57)53(36(27)56)30-10-11-31(54)48-35(30)55)25-12-15-52(16-13-25)26-8-6-24(7-9-26)47-38-46-20-28(39(41,42)43)33(49-38)45-19-23-5-4-14-44-34(23)51(2)60(3,58)59/h4-9,14,17-18,20,25,30H,10-13,15-16,19,21H2,1-3H3,(H,48,54,55)(H2,45,46,47,49). The van der Waals surface area contributed by atoms with Crippen molar-refractivity contribution in [1.82, 2.24) is 30.1 Å². The second-order valence-electron chi connectivity index (χ2n) is 14.8. The maximum atomic E-state index is 15.3. The lowest BCUT2D eigenvalue weighted by Crippen LogP contribution is -2.54. The van der Waals surface area contributed by atoms with Gasteiger partial charge in [-0.1, -0.05) is 6.07 Å². The molecule has 16 nitrogen and oxygen atoms in total. The number of carbonyl (C=O) groups is 4. The molecular formula is C39H40F4N10O6S. The van der Waals surface area contributed by atoms with Gasteiger partial charge < -0.3 is 15.5 Å². The molecule has 4 amide bonds. The molecule has 1 unspecified atom stereocenters. The van der Waals surface area contributed by atoms with E-state index in [4.69, 9.17) is 0 Å². The highest BCUT2D eigenvalue weighted by molar-refractivity contribution is 7.92. The van der Waals surface area contributed by atoms with Gasteiger partial charge in [0.1, 0.15) is 29.1 Å². The molecule has 3 N–H and O–H groups in total. The molecule has 2 saturated heterocycles. The Balaban J connectivity index is 0.957. The number of nitrogens with one attached hydrogen (secondary N) is 3. The van der Waals surface area contributed by atoms with Gasteiger partial charge in [0.05, 0.1) is 17.4 Å². The molecular weight excluding hydrogens is 813 g/mol. The Bertz CT molecular complexity index is 2460. The average Bonchev–Trinajstić information content (AvgIpc) is 3.45. The first-order valence-electron chi connectivity index (χ1n) is 18.8. The van der Waals surface area contributed by atoms with Crippen molar-refractivity contribution in [2.75, 3.05) is 53.3 Å². The van der Waals surface area contributed by atoms with Gasteiger partial charge in [-0.25, -0.2) is 22.8 Å². The number of fused-ring (bicyclic) bond motifs is 1. The number of piperidine rings is 2. The topological polar surface area (TPSA) is 190 Å². The number of pyridine rings is 1. The van der Waals surface area contributed by atoms with Crippen LogP contribution in [0.1, 0.15) is 63.1 Å². The fraction of sp³-hybridized carbons (Fsp3) is 0.359. The van der Waals surface area contributed by atoms with Crippen LogP contribution in [0.5, 0.6) is 0 Å². The summed E-state index contributed by atoms with van der Waals surface area (Å²) in [5, 5.41) is 7.74. The molecule has 3 aliphatic rings. The molecule has 60 heavy (non-hydrogen) atoms. The van der Waals surface area contributed by atoms with Crippen molar-refractivity contribution in [3.8, 4) is 0 Å². The molecule has 0 spiro atoms. The van der Waals surface area contributed by atoms with Crippen LogP contribution in [0.15, 0.2) is 60.9 Å². The van der Waals surface area contributed by atoms with Crippen LogP contribution in [0.2, 0.25) is 0 Å². The number of alkyl halides is 3. The highest BCUT2D eigenvalue weighted by Gasteiger charge is 2.46. The van der Waals surface area contributed by atoms with Crippen LogP contribution >= 0.6 is 0 Å². The van der Waals surface area contributed by atoms with E-state index >= 15 is 4.39 Å². The van der Waals surface area contributed by atoms with Gasteiger partial charge in [-0.2, -0.15) is 18.2 Å². The third-order valence-corrected chi connectivity index (χ3v) is 11.9. The molecule has 21 heteroatoms. The Hall–Kier alpha value is -6.22. The Morgan fingerprint density at radius 1 is 0.967 bits per heavy atom. The molecule has 5 heterocycles. The van der Waals surface area contributed by atoms with E-state index in [2.05, 4.69) is 40.7 Å². The Labute approximate surface area is 342 Å². The van der Waals surface area contributed by atoms with Crippen molar-refractivity contribution in [3.05, 3.63) is 94.6 Å². The van der Waals surface area contributed by atoms with E-state index in [1.54, 1.807) is 18.2 Å². The summed E-state index contributed by atoms with van der Waals surface area (Å²) < 4.78 is 82.3. The van der Waals surface area contributed by atoms with E-state index in [1.165, 1.54) is 31.4 Å². The lowest BCUT2D eigenvalue weighted by Gasteiger charge is -2.38. The highest BCUT2D eigenvalue weighted by atomic mass is 32.2. The SMILES string of the molecule is CN(Cc1cc(F)c2c(c1)C(=O)N(C1CCC(=O)NC1=O)C2=O)C1CCN(c2ccc(Nc3ncc(C(F)(F)F)c(NCc4cccnc4N(C)S(C)(=O)=O)n3)cc2)CC1. The van der Waals surface area contributed by atoms with E-state index in [9.17, 15) is 40.8 Å². The van der Waals surface area contributed by atoms with E-state index in [0.717, 1.165) is 34.0 Å². The molecule has 0 bridgehead atoms. The van der Waals surface area contributed by atoms with Gasteiger partial charge in [0, 0.05) is 75.0 Å². The molecule has 1 atom stereocenters. The summed E-state index contributed by atoms with van der Waals surface area (Å²) in [5.74, 6) is -4.36. The molecule has 2 fully saturated rings. The summed E-state index contributed by atoms with van der Waals surface area (Å²) in [6.07, 6.45) is -0.313. The van der Waals surface area contributed by atoms with E-state index < -0.39 is 63.1 Å². The number of nitrogens with zero attached hydrogens (tertiary/aromatic N) is 7. The number of rotatable bonds is 12. The van der Waals surface area contributed by atoms with Gasteiger partial charge in [0.2, 0.25) is 27.8 Å². The number of halogens is 4. The number of anilines is 5. The Morgan fingerprint density at radius 3 is 2.35 bits per heavy atom. The lowest BCUT2D eigenvalue weighted by molar-refractivity contribution is -0.138. The maximum Gasteiger partial charge on any atom is 0.421 e. The quantitative estimate of drug-likeness (QED) is 0.135. The van der Waals surface area contributed by atoms with Crippen molar-refractivity contribution in [2.45, 2.75) is 57.0 Å². The van der Waals surface area contributed by atoms with E-state index in [1.807, 2.05) is 19.2 Å². The van der Waals surface area contributed by atoms with Gasteiger partial charge in [-0.15, -0.1) is 0 Å². The second-order valence-corrected chi connectivity index (χ2v) is 16.8. The van der Waals surface area contributed by atoms with Crippen molar-refractivity contribution >= 4 is 62.6 Å². The molecule has 4 aromatic rings. The molecule has 316 valence electrons. The van der Waals surface area contributed by atoms with Crippen LogP contribution in [-0.2, 0) is 38.9 Å². The van der Waals surface area contributed by atoms with Crippen LogP contribution in [-0.4, -0.2) is 102 Å².